The molecule has 0 unspecified atom stereocenters. The first-order valence-electron chi connectivity index (χ1n) is 19.2. The van der Waals surface area contributed by atoms with E-state index in [0.29, 0.717) is 0 Å². The Hall–Kier alpha value is -6.27. The standard InChI is InChI=1S/C49H40BN3O2/c1-48(2,3)29-15-19-31(20-16-29)52-37-27-51-28-38-45(37)50(35-23-25-41-43(46(35)52)33-11-7-9-13-39(33)54-41)36-24-26-42-44(34-12-8-10-14-40(34)55-42)47(36)53(38)32-21-17-30(18-22-32)49(4,5)6/h7-28H,1-6H3. The average Bonchev–Trinajstić information content (AvgIpc) is 3.76. The topological polar surface area (TPSA) is 45.7 Å². The summed E-state index contributed by atoms with van der Waals surface area (Å²) in [7, 11) is 0. The van der Waals surface area contributed by atoms with E-state index in [-0.39, 0.29) is 17.5 Å². The van der Waals surface area contributed by atoms with Gasteiger partial charge in [0.25, 0.3) is 6.71 Å². The quantitative estimate of drug-likeness (QED) is 0.167. The largest absolute Gasteiger partial charge is 0.456 e. The van der Waals surface area contributed by atoms with Gasteiger partial charge < -0.3 is 18.6 Å². The first-order chi connectivity index (χ1) is 26.6. The van der Waals surface area contributed by atoms with E-state index >= 15 is 0 Å². The normalized spacial score (nSPS) is 13.9. The monoisotopic (exact) mass is 713 g/mol. The minimum atomic E-state index is -0.0793. The van der Waals surface area contributed by atoms with Gasteiger partial charge in [-0.1, -0.05) is 114 Å². The number of aromatic nitrogens is 1. The number of hydrogen-bond acceptors (Lipinski definition) is 5. The molecule has 0 saturated heterocycles. The number of hydrogen-bond donors (Lipinski definition) is 0. The Kier molecular flexibility index (Phi) is 6.52. The fraction of sp³-hybridized carbons (Fsp3) is 0.163. The summed E-state index contributed by atoms with van der Waals surface area (Å²) in [6, 6.07) is 43.9. The molecule has 0 saturated carbocycles. The van der Waals surface area contributed by atoms with Gasteiger partial charge in [-0.2, -0.15) is 0 Å². The SMILES string of the molecule is CC(C)(C)c1ccc(N2c3cncc4c3B(c3ccc5oc6ccccc6c5c32)c2ccc3oc5ccccc5c3c2N4c2ccc(C(C)(C)C)cc2)cc1. The molecule has 9 aromatic rings. The van der Waals surface area contributed by atoms with Crippen LogP contribution >= 0.6 is 0 Å². The van der Waals surface area contributed by atoms with Crippen LogP contribution < -0.4 is 26.2 Å². The molecule has 0 bridgehead atoms. The lowest BCUT2D eigenvalue weighted by Crippen LogP contribution is -2.61. The predicted molar refractivity (Wildman–Crippen MR) is 230 cm³/mol. The number of fused-ring (bicyclic) bond motifs is 12. The third kappa shape index (κ3) is 4.57. The van der Waals surface area contributed by atoms with Crippen molar-refractivity contribution in [3.05, 3.63) is 145 Å². The van der Waals surface area contributed by atoms with Gasteiger partial charge in [-0.15, -0.1) is 0 Å². The van der Waals surface area contributed by atoms with E-state index in [1.807, 2.05) is 12.1 Å². The van der Waals surface area contributed by atoms with Crippen molar-refractivity contribution in [1.29, 1.82) is 0 Å². The number of anilines is 6. The van der Waals surface area contributed by atoms with E-state index in [9.17, 15) is 0 Å². The molecule has 266 valence electrons. The first-order valence-corrected chi connectivity index (χ1v) is 19.2. The van der Waals surface area contributed by atoms with Gasteiger partial charge in [-0.05, 0) is 86.9 Å². The van der Waals surface area contributed by atoms with E-state index in [0.717, 1.165) is 78.0 Å². The maximum atomic E-state index is 6.57. The van der Waals surface area contributed by atoms with Gasteiger partial charge in [-0.3, -0.25) is 4.98 Å². The Balaban J connectivity index is 1.27. The first kappa shape index (κ1) is 32.2. The van der Waals surface area contributed by atoms with E-state index in [1.165, 1.54) is 27.5 Å². The van der Waals surface area contributed by atoms with Crippen LogP contribution in [0.25, 0.3) is 43.9 Å². The molecule has 0 aliphatic carbocycles. The number of pyridine rings is 1. The van der Waals surface area contributed by atoms with E-state index < -0.39 is 0 Å². The summed E-state index contributed by atoms with van der Waals surface area (Å²) in [4.78, 5) is 9.95. The van der Waals surface area contributed by atoms with Gasteiger partial charge in [0, 0.05) is 22.1 Å². The second-order valence-corrected chi connectivity index (χ2v) is 17.2. The Morgan fingerprint density at radius 2 is 0.891 bits per heavy atom. The van der Waals surface area contributed by atoms with Crippen LogP contribution in [0.3, 0.4) is 0 Å². The Morgan fingerprint density at radius 1 is 0.473 bits per heavy atom. The number of furan rings is 2. The van der Waals surface area contributed by atoms with Crippen molar-refractivity contribution in [1.82, 2.24) is 4.98 Å². The van der Waals surface area contributed by atoms with Crippen LogP contribution in [-0.2, 0) is 10.8 Å². The maximum absolute atomic E-state index is 6.57. The molecule has 5 heterocycles. The molecule has 0 fully saturated rings. The van der Waals surface area contributed by atoms with Crippen molar-refractivity contribution >= 4 is 101 Å². The molecule has 0 spiro atoms. The highest BCUT2D eigenvalue weighted by atomic mass is 16.3. The van der Waals surface area contributed by atoms with Crippen molar-refractivity contribution in [3.63, 3.8) is 0 Å². The van der Waals surface area contributed by atoms with Crippen LogP contribution in [0.15, 0.2) is 143 Å². The molecule has 2 aliphatic heterocycles. The molecule has 0 radical (unpaired) electrons. The van der Waals surface area contributed by atoms with Crippen LogP contribution in [-0.4, -0.2) is 11.7 Å². The highest BCUT2D eigenvalue weighted by Gasteiger charge is 2.45. The third-order valence-corrected chi connectivity index (χ3v) is 11.9. The third-order valence-electron chi connectivity index (χ3n) is 11.9. The molecule has 5 nitrogen and oxygen atoms in total. The minimum absolute atomic E-state index is 0.0280. The fourth-order valence-corrected chi connectivity index (χ4v) is 9.15. The Bertz CT molecular complexity index is 2810. The average molecular weight is 714 g/mol. The smallest absolute Gasteiger partial charge is 0.252 e. The van der Waals surface area contributed by atoms with Crippen LogP contribution in [0, 0.1) is 0 Å². The van der Waals surface area contributed by atoms with Crippen molar-refractivity contribution in [2.24, 2.45) is 0 Å². The van der Waals surface area contributed by atoms with Gasteiger partial charge in [0.05, 0.1) is 45.9 Å². The predicted octanol–water partition coefficient (Wildman–Crippen LogP) is 11.6. The second kappa shape index (κ2) is 11.1. The molecule has 2 aliphatic rings. The van der Waals surface area contributed by atoms with Gasteiger partial charge in [0.2, 0.25) is 0 Å². The lowest BCUT2D eigenvalue weighted by molar-refractivity contribution is 0.590. The molecule has 0 N–H and O–H groups in total. The molecule has 11 rings (SSSR count). The minimum Gasteiger partial charge on any atom is -0.456 e. The number of rotatable bonds is 2. The van der Waals surface area contributed by atoms with Gasteiger partial charge in [-0.25, -0.2) is 0 Å². The number of benzene rings is 6. The molecule has 0 amide bonds. The van der Waals surface area contributed by atoms with Crippen molar-refractivity contribution < 1.29 is 8.83 Å². The summed E-state index contributed by atoms with van der Waals surface area (Å²) >= 11 is 0. The zero-order valence-corrected chi connectivity index (χ0v) is 31.9. The molecular formula is C49H40BN3O2. The Labute approximate surface area is 320 Å². The zero-order chi connectivity index (χ0) is 37.4. The van der Waals surface area contributed by atoms with Crippen LogP contribution in [0.2, 0.25) is 0 Å². The summed E-state index contributed by atoms with van der Waals surface area (Å²) < 4.78 is 13.1. The molecule has 3 aromatic heterocycles. The maximum Gasteiger partial charge on any atom is 0.252 e. The van der Waals surface area contributed by atoms with E-state index in [4.69, 9.17) is 13.8 Å². The summed E-state index contributed by atoms with van der Waals surface area (Å²) in [6.07, 6.45) is 4.12. The van der Waals surface area contributed by atoms with Crippen molar-refractivity contribution in [2.75, 3.05) is 9.80 Å². The summed E-state index contributed by atoms with van der Waals surface area (Å²) in [5.41, 5.74) is 16.4. The Morgan fingerprint density at radius 3 is 1.31 bits per heavy atom. The summed E-state index contributed by atoms with van der Waals surface area (Å²) in [5, 5.41) is 4.43. The molecular weight excluding hydrogens is 673 g/mol. The van der Waals surface area contributed by atoms with Crippen molar-refractivity contribution in [2.45, 2.75) is 52.4 Å². The lowest BCUT2D eigenvalue weighted by atomic mass is 9.33. The van der Waals surface area contributed by atoms with Gasteiger partial charge in [0.1, 0.15) is 22.3 Å². The molecule has 6 aromatic carbocycles. The van der Waals surface area contributed by atoms with Gasteiger partial charge in [0.15, 0.2) is 0 Å². The van der Waals surface area contributed by atoms with Crippen molar-refractivity contribution in [3.8, 4) is 0 Å². The highest BCUT2D eigenvalue weighted by Crippen LogP contribution is 2.49. The van der Waals surface area contributed by atoms with Crippen LogP contribution in [0.1, 0.15) is 52.7 Å². The van der Waals surface area contributed by atoms with Crippen LogP contribution in [0.5, 0.6) is 0 Å². The molecule has 0 atom stereocenters. The second-order valence-electron chi connectivity index (χ2n) is 17.2. The molecule has 6 heteroatoms. The van der Waals surface area contributed by atoms with E-state index in [2.05, 4.69) is 173 Å². The van der Waals surface area contributed by atoms with E-state index in [1.54, 1.807) is 0 Å². The number of para-hydroxylation sites is 2. The molecule has 55 heavy (non-hydrogen) atoms. The zero-order valence-electron chi connectivity index (χ0n) is 31.9. The van der Waals surface area contributed by atoms with Crippen LogP contribution in [0.4, 0.5) is 34.1 Å². The lowest BCUT2D eigenvalue weighted by Gasteiger charge is -2.44. The summed E-state index contributed by atoms with van der Waals surface area (Å²) in [6.45, 7) is 13.5. The highest BCUT2D eigenvalue weighted by molar-refractivity contribution is 7.00. The fourth-order valence-electron chi connectivity index (χ4n) is 9.15. The summed E-state index contributed by atoms with van der Waals surface area (Å²) in [5.74, 6) is 0. The van der Waals surface area contributed by atoms with Gasteiger partial charge >= 0.3 is 0 Å². The number of nitrogens with zero attached hydrogens (tertiary/aromatic N) is 3.